The third-order valence-corrected chi connectivity index (χ3v) is 4.16. The number of halogens is 3. The van der Waals surface area contributed by atoms with Gasteiger partial charge in [-0.15, -0.1) is 0 Å². The predicted octanol–water partition coefficient (Wildman–Crippen LogP) is 6.33. The average Bonchev–Trinajstić information content (AvgIpc) is 2.53. The summed E-state index contributed by atoms with van der Waals surface area (Å²) < 4.78 is 0. The van der Waals surface area contributed by atoms with Crippen LogP contribution in [0.3, 0.4) is 0 Å². The first-order valence-corrected chi connectivity index (χ1v) is 8.84. The molecule has 0 saturated heterocycles. The fourth-order valence-electron chi connectivity index (χ4n) is 2.41. The van der Waals surface area contributed by atoms with Crippen LogP contribution in [-0.2, 0) is 0 Å². The number of hydrogen-bond donors (Lipinski definition) is 1. The van der Waals surface area contributed by atoms with E-state index in [2.05, 4.69) is 12.2 Å². The minimum Gasteiger partial charge on any atom is -0.388 e. The predicted molar refractivity (Wildman–Crippen MR) is 107 cm³/mol. The van der Waals surface area contributed by atoms with E-state index >= 15 is 0 Å². The Hall–Kier alpha value is -1.42. The van der Waals surface area contributed by atoms with Crippen molar-refractivity contribution < 1.29 is 0 Å². The second-order valence-corrected chi connectivity index (χ2v) is 6.69. The summed E-state index contributed by atoms with van der Waals surface area (Å²) in [7, 11) is 1.88. The number of rotatable bonds is 6. The summed E-state index contributed by atoms with van der Waals surface area (Å²) in [5.74, 6) is 0. The number of anilines is 2. The molecule has 0 aliphatic rings. The van der Waals surface area contributed by atoms with Crippen molar-refractivity contribution in [2.45, 2.75) is 20.3 Å². The minimum absolute atomic E-state index is 0.588. The Labute approximate surface area is 158 Å². The van der Waals surface area contributed by atoms with Crippen LogP contribution in [-0.4, -0.2) is 19.3 Å². The van der Waals surface area contributed by atoms with Crippen molar-refractivity contribution in [2.24, 2.45) is 5.10 Å². The highest BCUT2D eigenvalue weighted by Crippen LogP contribution is 2.27. The SMILES string of the molecule is CCCN(/N=C(/C)c1cc(Cl)ccc1NC)c1cc(Cl)cc(Cl)c1. The maximum absolute atomic E-state index is 6.14. The topological polar surface area (TPSA) is 27.6 Å². The maximum Gasteiger partial charge on any atom is 0.0672 e. The molecule has 0 aromatic heterocycles. The first-order chi connectivity index (χ1) is 11.4. The van der Waals surface area contributed by atoms with Crippen LogP contribution in [0, 0.1) is 0 Å². The van der Waals surface area contributed by atoms with E-state index in [1.54, 1.807) is 6.07 Å². The number of nitrogens with one attached hydrogen (secondary N) is 1. The van der Waals surface area contributed by atoms with Crippen LogP contribution in [0.25, 0.3) is 0 Å². The van der Waals surface area contributed by atoms with Crippen molar-refractivity contribution in [3.8, 4) is 0 Å². The van der Waals surface area contributed by atoms with Crippen LogP contribution < -0.4 is 10.3 Å². The van der Waals surface area contributed by atoms with E-state index in [9.17, 15) is 0 Å². The lowest BCUT2D eigenvalue weighted by Gasteiger charge is -2.21. The van der Waals surface area contributed by atoms with E-state index in [0.29, 0.717) is 15.1 Å². The van der Waals surface area contributed by atoms with Gasteiger partial charge in [-0.2, -0.15) is 5.10 Å². The van der Waals surface area contributed by atoms with Gasteiger partial charge in [-0.05, 0) is 49.7 Å². The van der Waals surface area contributed by atoms with Gasteiger partial charge in [0.15, 0.2) is 0 Å². The van der Waals surface area contributed by atoms with Gasteiger partial charge in [-0.1, -0.05) is 41.7 Å². The van der Waals surface area contributed by atoms with Crippen molar-refractivity contribution in [1.82, 2.24) is 0 Å². The molecule has 0 aliphatic heterocycles. The van der Waals surface area contributed by atoms with Crippen LogP contribution in [0.2, 0.25) is 15.1 Å². The standard InChI is InChI=1S/C18H20Cl3N3/c1-4-7-24(16-9-14(20)8-15(21)10-16)23-12(2)17-11-13(19)5-6-18(17)22-3/h5-6,8-11,22H,4,7H2,1-3H3/b23-12-. The van der Waals surface area contributed by atoms with E-state index < -0.39 is 0 Å². The van der Waals surface area contributed by atoms with Gasteiger partial charge in [0.05, 0.1) is 11.4 Å². The molecule has 0 bridgehead atoms. The Bertz CT molecular complexity index is 724. The van der Waals surface area contributed by atoms with Gasteiger partial charge >= 0.3 is 0 Å². The Kier molecular flexibility index (Phi) is 6.79. The van der Waals surface area contributed by atoms with E-state index in [-0.39, 0.29) is 0 Å². The molecule has 0 aliphatic carbocycles. The van der Waals surface area contributed by atoms with E-state index in [1.165, 1.54) is 0 Å². The van der Waals surface area contributed by atoms with Crippen LogP contribution in [0.4, 0.5) is 11.4 Å². The quantitative estimate of drug-likeness (QED) is 0.465. The molecular weight excluding hydrogens is 365 g/mol. The monoisotopic (exact) mass is 383 g/mol. The number of benzene rings is 2. The molecule has 128 valence electrons. The van der Waals surface area contributed by atoms with E-state index in [0.717, 1.165) is 35.6 Å². The molecule has 1 N–H and O–H groups in total. The van der Waals surface area contributed by atoms with Gasteiger partial charge in [-0.3, -0.25) is 5.01 Å². The third kappa shape index (κ3) is 4.79. The van der Waals surface area contributed by atoms with Crippen molar-refractivity contribution in [3.63, 3.8) is 0 Å². The Morgan fingerprint density at radius 2 is 1.71 bits per heavy atom. The number of nitrogens with zero attached hydrogens (tertiary/aromatic N) is 2. The smallest absolute Gasteiger partial charge is 0.0672 e. The second kappa shape index (κ2) is 8.61. The first-order valence-electron chi connectivity index (χ1n) is 7.71. The average molecular weight is 385 g/mol. The number of hydrazone groups is 1. The molecule has 0 saturated carbocycles. The minimum atomic E-state index is 0.588. The molecular formula is C18H20Cl3N3. The van der Waals surface area contributed by atoms with Crippen molar-refractivity contribution in [3.05, 3.63) is 57.0 Å². The highest BCUT2D eigenvalue weighted by molar-refractivity contribution is 6.35. The zero-order valence-electron chi connectivity index (χ0n) is 13.9. The summed E-state index contributed by atoms with van der Waals surface area (Å²) in [6.07, 6.45) is 0.940. The van der Waals surface area contributed by atoms with Gasteiger partial charge in [0.1, 0.15) is 0 Å². The van der Waals surface area contributed by atoms with Crippen molar-refractivity contribution in [1.29, 1.82) is 0 Å². The van der Waals surface area contributed by atoms with Crippen LogP contribution >= 0.6 is 34.8 Å². The van der Waals surface area contributed by atoms with Gasteiger partial charge in [0.2, 0.25) is 0 Å². The number of hydrogen-bond acceptors (Lipinski definition) is 3. The zero-order valence-corrected chi connectivity index (χ0v) is 16.2. The van der Waals surface area contributed by atoms with Crippen LogP contribution in [0.5, 0.6) is 0 Å². The second-order valence-electron chi connectivity index (χ2n) is 5.38. The van der Waals surface area contributed by atoms with Crippen LogP contribution in [0.1, 0.15) is 25.8 Å². The highest BCUT2D eigenvalue weighted by atomic mass is 35.5. The molecule has 0 spiro atoms. The normalized spacial score (nSPS) is 11.5. The molecule has 0 unspecified atom stereocenters. The maximum atomic E-state index is 6.14. The molecule has 0 fully saturated rings. The summed E-state index contributed by atoms with van der Waals surface area (Å²) in [4.78, 5) is 0. The summed E-state index contributed by atoms with van der Waals surface area (Å²) in [5.41, 5.74) is 3.65. The largest absolute Gasteiger partial charge is 0.388 e. The lowest BCUT2D eigenvalue weighted by molar-refractivity contribution is 0.806. The molecule has 0 amide bonds. The summed E-state index contributed by atoms with van der Waals surface area (Å²) in [6.45, 7) is 4.81. The van der Waals surface area contributed by atoms with E-state index in [4.69, 9.17) is 39.9 Å². The molecule has 0 heterocycles. The lowest BCUT2D eigenvalue weighted by Crippen LogP contribution is -2.20. The molecule has 24 heavy (non-hydrogen) atoms. The van der Waals surface area contributed by atoms with Gasteiger partial charge in [-0.25, -0.2) is 0 Å². The lowest BCUT2D eigenvalue weighted by atomic mass is 10.1. The molecule has 2 rings (SSSR count). The summed E-state index contributed by atoms with van der Waals surface area (Å²) in [6, 6.07) is 11.1. The molecule has 2 aromatic rings. The third-order valence-electron chi connectivity index (χ3n) is 3.49. The van der Waals surface area contributed by atoms with Gasteiger partial charge < -0.3 is 5.32 Å². The summed E-state index contributed by atoms with van der Waals surface area (Å²) >= 11 is 18.4. The zero-order chi connectivity index (χ0) is 17.7. The molecule has 6 heteroatoms. The Morgan fingerprint density at radius 1 is 1.04 bits per heavy atom. The molecule has 3 nitrogen and oxygen atoms in total. The van der Waals surface area contributed by atoms with Gasteiger partial charge in [0.25, 0.3) is 0 Å². The van der Waals surface area contributed by atoms with Crippen molar-refractivity contribution in [2.75, 3.05) is 23.9 Å². The van der Waals surface area contributed by atoms with Crippen LogP contribution in [0.15, 0.2) is 41.5 Å². The Balaban J connectivity index is 2.45. The highest BCUT2D eigenvalue weighted by Gasteiger charge is 2.11. The molecule has 2 aromatic carbocycles. The fourth-order valence-corrected chi connectivity index (χ4v) is 3.09. The Morgan fingerprint density at radius 3 is 2.29 bits per heavy atom. The molecule has 0 radical (unpaired) electrons. The fraction of sp³-hybridized carbons (Fsp3) is 0.278. The molecule has 0 atom stereocenters. The van der Waals surface area contributed by atoms with Crippen molar-refractivity contribution >= 4 is 51.9 Å². The summed E-state index contributed by atoms with van der Waals surface area (Å²) in [5, 5.41) is 11.7. The van der Waals surface area contributed by atoms with Gasteiger partial charge in [0, 0.05) is 39.9 Å². The van der Waals surface area contributed by atoms with E-state index in [1.807, 2.05) is 49.3 Å². The first kappa shape index (κ1) is 18.9.